The molecule has 13 heteroatoms. The number of rotatable bonds is 7. The number of hydrogen-bond acceptors (Lipinski definition) is 4. The topological polar surface area (TPSA) is 71.8 Å². The minimum absolute atomic E-state index is 0.00619. The number of hydrogen-bond donors (Lipinski definition) is 0. The van der Waals surface area contributed by atoms with Crippen LogP contribution in [-0.2, 0) is 11.3 Å². The van der Waals surface area contributed by atoms with Gasteiger partial charge in [-0.3, -0.25) is 14.4 Å². The molecule has 1 aliphatic rings. The van der Waals surface area contributed by atoms with Crippen molar-refractivity contribution in [3.63, 3.8) is 0 Å². The lowest BCUT2D eigenvalue weighted by molar-refractivity contribution is -0.274. The number of nitrogens with zero attached hydrogens (tertiary/aromatic N) is 3. The maximum atomic E-state index is 13.8. The van der Waals surface area contributed by atoms with Gasteiger partial charge in [0.15, 0.2) is 0 Å². The fourth-order valence-electron chi connectivity index (χ4n) is 4.76. The van der Waals surface area contributed by atoms with Crippen LogP contribution < -0.4 is 15.2 Å². The van der Waals surface area contributed by atoms with Gasteiger partial charge in [0.1, 0.15) is 17.5 Å². The molecule has 0 spiro atoms. The average Bonchev–Trinajstić information content (AvgIpc) is 3.21. The van der Waals surface area contributed by atoms with Crippen LogP contribution in [0.1, 0.15) is 27.4 Å². The van der Waals surface area contributed by atoms with Crippen LogP contribution >= 0.6 is 11.6 Å². The van der Waals surface area contributed by atoms with Crippen molar-refractivity contribution >= 4 is 29.1 Å². The first-order valence-electron chi connectivity index (χ1n) is 11.9. The molecular formula is C27H23ClF5N3O4. The van der Waals surface area contributed by atoms with Crippen molar-refractivity contribution in [3.8, 4) is 5.75 Å². The summed E-state index contributed by atoms with van der Waals surface area (Å²) in [5.41, 5.74) is 0.143. The van der Waals surface area contributed by atoms with Crippen LogP contribution in [0.15, 0.2) is 65.6 Å². The molecule has 1 unspecified atom stereocenters. The van der Waals surface area contributed by atoms with Gasteiger partial charge in [-0.2, -0.15) is 0 Å². The first-order chi connectivity index (χ1) is 18.8. The Labute approximate surface area is 230 Å². The van der Waals surface area contributed by atoms with Crippen molar-refractivity contribution in [2.45, 2.75) is 38.2 Å². The number of alkyl halides is 5. The SMILES string of the molecule is Cc1ccn(CC(F)F)c(=O)c1N1C[C@@H](c2ccc(Cl)cc2)C(N(C)C(=O)c2ccc(OC(F)(F)F)cc2)C1=O. The number of pyridine rings is 1. The minimum Gasteiger partial charge on any atom is -0.406 e. The molecule has 0 bridgehead atoms. The molecule has 3 aromatic rings. The maximum absolute atomic E-state index is 13.8. The molecule has 4 rings (SSSR count). The lowest BCUT2D eigenvalue weighted by Crippen LogP contribution is -2.45. The normalized spacial score (nSPS) is 17.4. The molecule has 1 saturated heterocycles. The number of benzene rings is 2. The van der Waals surface area contributed by atoms with E-state index in [4.69, 9.17) is 11.6 Å². The highest BCUT2D eigenvalue weighted by Gasteiger charge is 2.47. The van der Waals surface area contributed by atoms with E-state index in [1.54, 1.807) is 31.2 Å². The molecule has 0 aliphatic carbocycles. The summed E-state index contributed by atoms with van der Waals surface area (Å²) in [5, 5.41) is 0.431. The zero-order valence-electron chi connectivity index (χ0n) is 21.2. The number of likely N-dealkylation sites (N-methyl/N-ethyl adjacent to an activating group) is 1. The highest BCUT2D eigenvalue weighted by molar-refractivity contribution is 6.30. The van der Waals surface area contributed by atoms with Crippen LogP contribution in [0.5, 0.6) is 5.75 Å². The van der Waals surface area contributed by atoms with Crippen LogP contribution in [0, 0.1) is 6.92 Å². The zero-order chi connectivity index (χ0) is 29.4. The Balaban J connectivity index is 1.72. The van der Waals surface area contributed by atoms with E-state index in [1.165, 1.54) is 24.2 Å². The summed E-state index contributed by atoms with van der Waals surface area (Å²) in [7, 11) is 1.37. The van der Waals surface area contributed by atoms with Crippen molar-refractivity contribution < 1.29 is 36.3 Å². The minimum atomic E-state index is -4.91. The number of ether oxygens (including phenoxy) is 1. The summed E-state index contributed by atoms with van der Waals surface area (Å²) in [5.74, 6) is -2.47. The molecule has 2 aromatic carbocycles. The first kappa shape index (κ1) is 29.1. The van der Waals surface area contributed by atoms with Crippen LogP contribution in [-0.4, -0.2) is 53.7 Å². The van der Waals surface area contributed by atoms with Gasteiger partial charge < -0.3 is 19.1 Å². The molecule has 1 aliphatic heterocycles. The van der Waals surface area contributed by atoms with Crippen molar-refractivity contribution in [3.05, 3.63) is 92.9 Å². The van der Waals surface area contributed by atoms with E-state index < -0.39 is 54.4 Å². The number of halogens is 6. The van der Waals surface area contributed by atoms with Gasteiger partial charge in [0, 0.05) is 36.3 Å². The lowest BCUT2D eigenvalue weighted by Gasteiger charge is -2.28. The molecule has 1 fully saturated rings. The summed E-state index contributed by atoms with van der Waals surface area (Å²) in [6.07, 6.45) is -6.48. The largest absolute Gasteiger partial charge is 0.573 e. The average molecular weight is 584 g/mol. The number of aryl methyl sites for hydroxylation is 1. The van der Waals surface area contributed by atoms with Crippen molar-refractivity contribution in [1.29, 1.82) is 0 Å². The Kier molecular flexibility index (Phi) is 8.20. The van der Waals surface area contributed by atoms with Gasteiger partial charge in [-0.1, -0.05) is 23.7 Å². The van der Waals surface area contributed by atoms with Gasteiger partial charge in [0.25, 0.3) is 23.8 Å². The fraction of sp³-hybridized carbons (Fsp3) is 0.296. The Bertz CT molecular complexity index is 1460. The van der Waals surface area contributed by atoms with Crippen molar-refractivity contribution in [2.24, 2.45) is 0 Å². The first-order valence-corrected chi connectivity index (χ1v) is 12.3. The number of aromatic nitrogens is 1. The van der Waals surface area contributed by atoms with Crippen molar-refractivity contribution in [2.75, 3.05) is 18.5 Å². The van der Waals surface area contributed by atoms with E-state index >= 15 is 0 Å². The van der Waals surface area contributed by atoms with Gasteiger partial charge >= 0.3 is 6.36 Å². The van der Waals surface area contributed by atoms with Crippen LogP contribution in [0.2, 0.25) is 5.02 Å². The quantitative estimate of drug-likeness (QED) is 0.357. The summed E-state index contributed by atoms with van der Waals surface area (Å²) in [4.78, 5) is 42.7. The van der Waals surface area contributed by atoms with Gasteiger partial charge in [0.2, 0.25) is 0 Å². The van der Waals surface area contributed by atoms with Gasteiger partial charge in [-0.25, -0.2) is 8.78 Å². The summed E-state index contributed by atoms with van der Waals surface area (Å²) in [6, 6.07) is 11.1. The second-order valence-corrected chi connectivity index (χ2v) is 9.67. The fourth-order valence-corrected chi connectivity index (χ4v) is 4.88. The van der Waals surface area contributed by atoms with Crippen LogP contribution in [0.3, 0.4) is 0 Å². The van der Waals surface area contributed by atoms with E-state index in [2.05, 4.69) is 4.74 Å². The van der Waals surface area contributed by atoms with Crippen LogP contribution in [0.25, 0.3) is 0 Å². The standard InChI is InChI=1S/C27H23ClF5N3O4/c1-15-11-12-35(14-21(29)30)25(38)22(15)36-13-20(16-3-7-18(28)8-4-16)23(26(36)39)34(2)24(37)17-5-9-19(10-6-17)40-27(31,32)33/h3-12,20-21,23H,13-14H2,1-2H3/t20-,23?/m0/s1. The molecule has 0 saturated carbocycles. The van der Waals surface area contributed by atoms with E-state index in [0.717, 1.165) is 33.7 Å². The third-order valence-electron chi connectivity index (χ3n) is 6.60. The monoisotopic (exact) mass is 583 g/mol. The molecule has 212 valence electrons. The maximum Gasteiger partial charge on any atom is 0.573 e. The second kappa shape index (κ2) is 11.3. The van der Waals surface area contributed by atoms with Crippen molar-refractivity contribution in [1.82, 2.24) is 9.47 Å². The summed E-state index contributed by atoms with van der Waals surface area (Å²) >= 11 is 6.03. The molecule has 0 N–H and O–H groups in total. The smallest absolute Gasteiger partial charge is 0.406 e. The number of carbonyl (C=O) groups excluding carboxylic acids is 2. The van der Waals surface area contributed by atoms with Gasteiger partial charge in [-0.05, 0) is 60.5 Å². The summed E-state index contributed by atoms with van der Waals surface area (Å²) in [6.45, 7) is 0.668. The Hall–Kier alpha value is -3.93. The number of amides is 2. The predicted octanol–water partition coefficient (Wildman–Crippen LogP) is 5.25. The van der Waals surface area contributed by atoms with Crippen LogP contribution in [0.4, 0.5) is 27.6 Å². The highest BCUT2D eigenvalue weighted by Crippen LogP contribution is 2.36. The third kappa shape index (κ3) is 6.11. The highest BCUT2D eigenvalue weighted by atomic mass is 35.5. The Morgan fingerprint density at radius 2 is 1.70 bits per heavy atom. The molecule has 7 nitrogen and oxygen atoms in total. The molecule has 1 aromatic heterocycles. The summed E-state index contributed by atoms with van der Waals surface area (Å²) < 4.78 is 68.4. The Morgan fingerprint density at radius 3 is 2.27 bits per heavy atom. The third-order valence-corrected chi connectivity index (χ3v) is 6.85. The van der Waals surface area contributed by atoms with E-state index in [-0.39, 0.29) is 17.8 Å². The predicted molar refractivity (Wildman–Crippen MR) is 137 cm³/mol. The van der Waals surface area contributed by atoms with E-state index in [9.17, 15) is 36.3 Å². The van der Waals surface area contributed by atoms with Gasteiger partial charge in [0.05, 0.1) is 6.54 Å². The number of carbonyl (C=O) groups is 2. The number of anilines is 1. The molecule has 40 heavy (non-hydrogen) atoms. The van der Waals surface area contributed by atoms with E-state index in [0.29, 0.717) is 16.1 Å². The molecule has 2 atom stereocenters. The Morgan fingerprint density at radius 1 is 1.07 bits per heavy atom. The molecular weight excluding hydrogens is 561 g/mol. The zero-order valence-corrected chi connectivity index (χ0v) is 21.9. The molecule has 2 heterocycles. The molecule has 0 radical (unpaired) electrons. The van der Waals surface area contributed by atoms with E-state index in [1.807, 2.05) is 0 Å². The lowest BCUT2D eigenvalue weighted by atomic mass is 9.93. The van der Waals surface area contributed by atoms with Gasteiger partial charge in [-0.15, -0.1) is 13.2 Å². The second-order valence-electron chi connectivity index (χ2n) is 9.24. The molecule has 2 amide bonds.